The van der Waals surface area contributed by atoms with E-state index in [1.54, 1.807) is 14.0 Å². The van der Waals surface area contributed by atoms with Crippen LogP contribution in [0.2, 0.25) is 0 Å². The highest BCUT2D eigenvalue weighted by atomic mass is 79.9. The molecule has 2 atom stereocenters. The van der Waals surface area contributed by atoms with E-state index in [-0.39, 0.29) is 18.4 Å². The number of benzene rings is 1. The van der Waals surface area contributed by atoms with Gasteiger partial charge in [-0.15, -0.1) is 12.4 Å². The first kappa shape index (κ1) is 14.7. The van der Waals surface area contributed by atoms with E-state index in [4.69, 9.17) is 10.5 Å². The van der Waals surface area contributed by atoms with Crippen LogP contribution in [0, 0.1) is 0 Å². The molecular formula is C10H15BrClNO2. The number of rotatable bonds is 3. The summed E-state index contributed by atoms with van der Waals surface area (Å²) in [5.41, 5.74) is 6.67. The molecular weight excluding hydrogens is 281 g/mol. The highest BCUT2D eigenvalue weighted by molar-refractivity contribution is 9.10. The number of ether oxygens (including phenoxy) is 1. The van der Waals surface area contributed by atoms with Crippen LogP contribution in [-0.4, -0.2) is 18.3 Å². The minimum atomic E-state index is -0.560. The Kier molecular flexibility index (Phi) is 6.20. The van der Waals surface area contributed by atoms with Crippen LogP contribution >= 0.6 is 28.3 Å². The highest BCUT2D eigenvalue weighted by Crippen LogP contribution is 2.28. The molecule has 0 amide bonds. The molecule has 0 fully saturated rings. The molecule has 5 heteroatoms. The van der Waals surface area contributed by atoms with Crippen molar-refractivity contribution in [2.45, 2.75) is 19.1 Å². The lowest BCUT2D eigenvalue weighted by Crippen LogP contribution is -2.23. The summed E-state index contributed by atoms with van der Waals surface area (Å²) in [5, 5.41) is 9.32. The lowest BCUT2D eigenvalue weighted by atomic mass is 10.0. The Morgan fingerprint density at radius 3 is 2.47 bits per heavy atom. The molecule has 1 rings (SSSR count). The minimum Gasteiger partial charge on any atom is -0.496 e. The second kappa shape index (κ2) is 6.33. The molecule has 1 aromatic rings. The Labute approximate surface area is 104 Å². The van der Waals surface area contributed by atoms with Crippen LogP contribution in [0.1, 0.15) is 18.5 Å². The smallest absolute Gasteiger partial charge is 0.133 e. The third kappa shape index (κ3) is 3.65. The Hall–Kier alpha value is -0.290. The standard InChI is InChI=1S/C10H14BrNO2.ClH/c1-6(13)10(12)7-3-4-9(14-2)8(11)5-7;/h3-6,10,13H,12H2,1-2H3;1H/t6-,10-;/m0./s1. The monoisotopic (exact) mass is 295 g/mol. The fraction of sp³-hybridized carbons (Fsp3) is 0.400. The van der Waals surface area contributed by atoms with Gasteiger partial charge in [-0.05, 0) is 40.5 Å². The first-order chi connectivity index (χ1) is 6.56. The van der Waals surface area contributed by atoms with E-state index in [9.17, 15) is 5.11 Å². The summed E-state index contributed by atoms with van der Waals surface area (Å²) >= 11 is 3.36. The normalized spacial score (nSPS) is 13.9. The maximum atomic E-state index is 9.32. The van der Waals surface area contributed by atoms with E-state index in [1.165, 1.54) is 0 Å². The number of methoxy groups -OCH3 is 1. The van der Waals surface area contributed by atoms with Gasteiger partial charge >= 0.3 is 0 Å². The van der Waals surface area contributed by atoms with Crippen molar-refractivity contribution >= 4 is 28.3 Å². The van der Waals surface area contributed by atoms with Gasteiger partial charge in [0.25, 0.3) is 0 Å². The van der Waals surface area contributed by atoms with Gasteiger partial charge in [0.1, 0.15) is 5.75 Å². The molecule has 0 bridgehead atoms. The zero-order valence-corrected chi connectivity index (χ0v) is 11.0. The van der Waals surface area contributed by atoms with Crippen LogP contribution < -0.4 is 10.5 Å². The quantitative estimate of drug-likeness (QED) is 0.899. The largest absolute Gasteiger partial charge is 0.496 e. The summed E-state index contributed by atoms with van der Waals surface area (Å²) in [6, 6.07) is 5.16. The van der Waals surface area contributed by atoms with Crippen molar-refractivity contribution in [3.8, 4) is 5.75 Å². The van der Waals surface area contributed by atoms with Gasteiger partial charge in [0, 0.05) is 0 Å². The number of nitrogens with two attached hydrogens (primary N) is 1. The van der Waals surface area contributed by atoms with Crippen molar-refractivity contribution in [2.75, 3.05) is 7.11 Å². The molecule has 0 aliphatic carbocycles. The Balaban J connectivity index is 0.00000196. The summed E-state index contributed by atoms with van der Waals surface area (Å²) in [6.45, 7) is 1.67. The topological polar surface area (TPSA) is 55.5 Å². The van der Waals surface area contributed by atoms with Crippen LogP contribution in [-0.2, 0) is 0 Å². The van der Waals surface area contributed by atoms with Crippen LogP contribution in [0.25, 0.3) is 0 Å². The van der Waals surface area contributed by atoms with E-state index in [2.05, 4.69) is 15.9 Å². The fourth-order valence-electron chi connectivity index (χ4n) is 1.17. The summed E-state index contributed by atoms with van der Waals surface area (Å²) in [6.07, 6.45) is -0.560. The molecule has 0 spiro atoms. The van der Waals surface area contributed by atoms with Gasteiger partial charge in [-0.1, -0.05) is 6.07 Å². The van der Waals surface area contributed by atoms with Crippen molar-refractivity contribution in [3.05, 3.63) is 28.2 Å². The maximum absolute atomic E-state index is 9.32. The SMILES string of the molecule is COc1ccc([C@@H](N)[C@H](C)O)cc1Br.Cl. The zero-order valence-electron chi connectivity index (χ0n) is 8.61. The second-order valence-electron chi connectivity index (χ2n) is 3.16. The summed E-state index contributed by atoms with van der Waals surface area (Å²) < 4.78 is 5.93. The number of hydrogen-bond acceptors (Lipinski definition) is 3. The summed E-state index contributed by atoms with van der Waals surface area (Å²) in [4.78, 5) is 0. The first-order valence-electron chi connectivity index (χ1n) is 4.33. The highest BCUT2D eigenvalue weighted by Gasteiger charge is 2.13. The van der Waals surface area contributed by atoms with Gasteiger partial charge < -0.3 is 15.6 Å². The predicted molar refractivity (Wildman–Crippen MR) is 66.6 cm³/mol. The van der Waals surface area contributed by atoms with Crippen molar-refractivity contribution < 1.29 is 9.84 Å². The second-order valence-corrected chi connectivity index (χ2v) is 4.01. The molecule has 0 saturated heterocycles. The van der Waals surface area contributed by atoms with Gasteiger partial charge in [-0.3, -0.25) is 0 Å². The Morgan fingerprint density at radius 1 is 1.47 bits per heavy atom. The van der Waals surface area contributed by atoms with E-state index in [0.717, 1.165) is 15.8 Å². The molecule has 0 aliphatic rings. The van der Waals surface area contributed by atoms with E-state index in [0.29, 0.717) is 0 Å². The lowest BCUT2D eigenvalue weighted by molar-refractivity contribution is 0.164. The third-order valence-electron chi connectivity index (χ3n) is 2.08. The van der Waals surface area contributed by atoms with Crippen molar-refractivity contribution in [3.63, 3.8) is 0 Å². The summed E-state index contributed by atoms with van der Waals surface area (Å²) in [5.74, 6) is 0.756. The molecule has 3 N–H and O–H groups in total. The van der Waals surface area contributed by atoms with Gasteiger partial charge in [-0.25, -0.2) is 0 Å². The molecule has 86 valence electrons. The summed E-state index contributed by atoms with van der Waals surface area (Å²) in [7, 11) is 1.61. The molecule has 0 aromatic heterocycles. The van der Waals surface area contributed by atoms with Gasteiger partial charge in [0.05, 0.1) is 23.7 Å². The van der Waals surface area contributed by atoms with E-state index >= 15 is 0 Å². The van der Waals surface area contributed by atoms with Crippen molar-refractivity contribution in [2.24, 2.45) is 5.73 Å². The Morgan fingerprint density at radius 2 is 2.07 bits per heavy atom. The molecule has 3 nitrogen and oxygen atoms in total. The first-order valence-corrected chi connectivity index (χ1v) is 5.12. The van der Waals surface area contributed by atoms with Crippen LogP contribution in [0.4, 0.5) is 0 Å². The molecule has 0 unspecified atom stereocenters. The fourth-order valence-corrected chi connectivity index (χ4v) is 1.73. The Bertz CT molecular complexity index is 320. The van der Waals surface area contributed by atoms with E-state index in [1.807, 2.05) is 18.2 Å². The molecule has 0 saturated carbocycles. The van der Waals surface area contributed by atoms with Gasteiger partial charge in [-0.2, -0.15) is 0 Å². The van der Waals surface area contributed by atoms with Gasteiger partial charge in [0.2, 0.25) is 0 Å². The van der Waals surface area contributed by atoms with Crippen molar-refractivity contribution in [1.82, 2.24) is 0 Å². The molecule has 1 aromatic carbocycles. The molecule has 15 heavy (non-hydrogen) atoms. The average Bonchev–Trinajstić information content (AvgIpc) is 2.16. The van der Waals surface area contributed by atoms with Crippen LogP contribution in [0.3, 0.4) is 0 Å². The zero-order chi connectivity index (χ0) is 10.7. The number of aliphatic hydroxyl groups excluding tert-OH is 1. The minimum absolute atomic E-state index is 0. The average molecular weight is 297 g/mol. The predicted octanol–water partition coefficient (Wildman–Crippen LogP) is 2.26. The lowest BCUT2D eigenvalue weighted by Gasteiger charge is -2.16. The molecule has 0 heterocycles. The van der Waals surface area contributed by atoms with E-state index < -0.39 is 6.10 Å². The number of hydrogen-bond donors (Lipinski definition) is 2. The van der Waals surface area contributed by atoms with Gasteiger partial charge in [0.15, 0.2) is 0 Å². The number of halogens is 2. The molecule has 0 aliphatic heterocycles. The third-order valence-corrected chi connectivity index (χ3v) is 2.70. The van der Waals surface area contributed by atoms with Crippen LogP contribution in [0.15, 0.2) is 22.7 Å². The number of aliphatic hydroxyl groups is 1. The molecule has 0 radical (unpaired) electrons. The maximum Gasteiger partial charge on any atom is 0.133 e. The van der Waals surface area contributed by atoms with Crippen molar-refractivity contribution in [1.29, 1.82) is 0 Å². The van der Waals surface area contributed by atoms with Crippen LogP contribution in [0.5, 0.6) is 5.75 Å².